The second kappa shape index (κ2) is 11.3. The van der Waals surface area contributed by atoms with Crippen molar-refractivity contribution in [3.05, 3.63) is 90.0 Å². The molecule has 2 amide bonds. The molecule has 2 atom stereocenters. The summed E-state index contributed by atoms with van der Waals surface area (Å²) in [5, 5.41) is 9.40. The van der Waals surface area contributed by atoms with Crippen molar-refractivity contribution in [2.75, 3.05) is 13.2 Å². The number of ether oxygens (including phenoxy) is 1. The van der Waals surface area contributed by atoms with Crippen LogP contribution in [0.2, 0.25) is 0 Å². The molecule has 192 valence electrons. The molecule has 4 rings (SSSR count). The standard InChI is InChI=1S/C30H32N2O5/c1-30(19-27(33)34)18-25(32(29(30)36)17-5-8-21-6-3-2-4-7-21)20-37-26-15-13-23(14-16-26)22-9-11-24(12-10-22)28(31)35/h2-4,6-7,9-16,25H,5,8,17-20H2,1H3,(H2,31,35)(H,33,34)/t25-,30-/m0/s1. The lowest BCUT2D eigenvalue weighted by atomic mass is 9.84. The summed E-state index contributed by atoms with van der Waals surface area (Å²) in [6.45, 7) is 2.59. The zero-order chi connectivity index (χ0) is 26.4. The van der Waals surface area contributed by atoms with Crippen molar-refractivity contribution >= 4 is 17.8 Å². The van der Waals surface area contributed by atoms with Gasteiger partial charge in [-0.2, -0.15) is 0 Å². The van der Waals surface area contributed by atoms with Crippen molar-refractivity contribution in [1.82, 2.24) is 4.90 Å². The number of nitrogens with two attached hydrogens (primary N) is 1. The molecule has 1 aliphatic heterocycles. The highest BCUT2D eigenvalue weighted by Crippen LogP contribution is 2.39. The fourth-order valence-corrected chi connectivity index (χ4v) is 5.01. The monoisotopic (exact) mass is 500 g/mol. The highest BCUT2D eigenvalue weighted by atomic mass is 16.5. The number of rotatable bonds is 11. The maximum atomic E-state index is 13.3. The predicted molar refractivity (Wildman–Crippen MR) is 141 cm³/mol. The van der Waals surface area contributed by atoms with E-state index < -0.39 is 17.3 Å². The van der Waals surface area contributed by atoms with E-state index in [1.54, 1.807) is 24.0 Å². The van der Waals surface area contributed by atoms with Gasteiger partial charge in [-0.3, -0.25) is 14.4 Å². The maximum absolute atomic E-state index is 13.3. The Kier molecular flexibility index (Phi) is 7.92. The van der Waals surface area contributed by atoms with Gasteiger partial charge in [0.05, 0.1) is 17.9 Å². The molecule has 7 nitrogen and oxygen atoms in total. The van der Waals surface area contributed by atoms with E-state index in [0.717, 1.165) is 24.0 Å². The van der Waals surface area contributed by atoms with Crippen LogP contribution in [0.4, 0.5) is 0 Å². The van der Waals surface area contributed by atoms with E-state index in [9.17, 15) is 19.5 Å². The smallest absolute Gasteiger partial charge is 0.304 e. The molecule has 7 heteroatoms. The largest absolute Gasteiger partial charge is 0.491 e. The van der Waals surface area contributed by atoms with E-state index in [2.05, 4.69) is 12.1 Å². The predicted octanol–water partition coefficient (Wildman–Crippen LogP) is 4.55. The number of aryl methyl sites for hydroxylation is 1. The molecular weight excluding hydrogens is 468 g/mol. The maximum Gasteiger partial charge on any atom is 0.304 e. The minimum Gasteiger partial charge on any atom is -0.491 e. The fourth-order valence-electron chi connectivity index (χ4n) is 5.01. The number of carbonyl (C=O) groups excluding carboxylic acids is 2. The molecule has 1 aliphatic rings. The molecule has 0 bridgehead atoms. The lowest BCUT2D eigenvalue weighted by Crippen LogP contribution is -2.39. The molecule has 0 unspecified atom stereocenters. The SMILES string of the molecule is C[C@@]1(CC(=O)O)C[C@@H](COc2ccc(-c3ccc(C(N)=O)cc3)cc2)N(CCCc2ccccc2)C1=O. The van der Waals surface area contributed by atoms with E-state index in [1.807, 2.05) is 54.6 Å². The number of carbonyl (C=O) groups is 3. The first-order valence-electron chi connectivity index (χ1n) is 12.4. The van der Waals surface area contributed by atoms with Crippen molar-refractivity contribution in [1.29, 1.82) is 0 Å². The number of carboxylic acids is 1. The quantitative estimate of drug-likeness (QED) is 0.402. The van der Waals surface area contributed by atoms with E-state index in [4.69, 9.17) is 10.5 Å². The Morgan fingerprint density at radius 1 is 1.00 bits per heavy atom. The number of amides is 2. The number of hydrogen-bond donors (Lipinski definition) is 2. The molecule has 3 aromatic carbocycles. The van der Waals surface area contributed by atoms with E-state index >= 15 is 0 Å². The minimum absolute atomic E-state index is 0.119. The van der Waals surface area contributed by atoms with Crippen LogP contribution in [0.5, 0.6) is 5.75 Å². The molecule has 1 saturated heterocycles. The van der Waals surface area contributed by atoms with Gasteiger partial charge in [-0.1, -0.05) is 61.5 Å². The third-order valence-corrected chi connectivity index (χ3v) is 6.95. The summed E-state index contributed by atoms with van der Waals surface area (Å²) in [4.78, 5) is 37.8. The number of benzene rings is 3. The van der Waals surface area contributed by atoms with E-state index in [1.165, 1.54) is 5.56 Å². The Bertz CT molecular complexity index is 1240. The zero-order valence-corrected chi connectivity index (χ0v) is 20.9. The van der Waals surface area contributed by atoms with E-state index in [-0.39, 0.29) is 18.4 Å². The van der Waals surface area contributed by atoms with Gasteiger partial charge < -0.3 is 20.5 Å². The molecule has 3 N–H and O–H groups in total. The number of hydrogen-bond acceptors (Lipinski definition) is 4. The number of primary amides is 1. The van der Waals surface area contributed by atoms with Gasteiger partial charge in [0.1, 0.15) is 12.4 Å². The summed E-state index contributed by atoms with van der Waals surface area (Å²) in [5.41, 5.74) is 7.96. The number of nitrogens with zero attached hydrogens (tertiary/aromatic N) is 1. The van der Waals surface area contributed by atoms with Crippen LogP contribution in [0.25, 0.3) is 11.1 Å². The molecule has 1 fully saturated rings. The molecular formula is C30H32N2O5. The van der Waals surface area contributed by atoms with Crippen LogP contribution in [0, 0.1) is 5.41 Å². The molecule has 1 heterocycles. The van der Waals surface area contributed by atoms with Crippen molar-refractivity contribution in [3.8, 4) is 16.9 Å². The molecule has 37 heavy (non-hydrogen) atoms. The second-order valence-electron chi connectivity index (χ2n) is 9.85. The number of aliphatic carboxylic acids is 1. The third-order valence-electron chi connectivity index (χ3n) is 6.95. The van der Waals surface area contributed by atoms with Crippen LogP contribution in [0.15, 0.2) is 78.9 Å². The fraction of sp³-hybridized carbons (Fsp3) is 0.300. The van der Waals surface area contributed by atoms with Crippen LogP contribution in [-0.2, 0) is 16.0 Å². The van der Waals surface area contributed by atoms with Gasteiger partial charge >= 0.3 is 5.97 Å². The molecule has 0 spiro atoms. The van der Waals surface area contributed by atoms with Crippen LogP contribution < -0.4 is 10.5 Å². The molecule has 0 aliphatic carbocycles. The Hall–Kier alpha value is -4.13. The van der Waals surface area contributed by atoms with Crippen molar-refractivity contribution < 1.29 is 24.2 Å². The average Bonchev–Trinajstić information content (AvgIpc) is 3.12. The normalized spacial score (nSPS) is 19.1. The van der Waals surface area contributed by atoms with Crippen LogP contribution >= 0.6 is 0 Å². The number of carboxylic acid groups (broad SMARTS) is 1. The van der Waals surface area contributed by atoms with Crippen LogP contribution in [-0.4, -0.2) is 47.0 Å². The highest BCUT2D eigenvalue weighted by Gasteiger charge is 2.49. The summed E-state index contributed by atoms with van der Waals surface area (Å²) >= 11 is 0. The summed E-state index contributed by atoms with van der Waals surface area (Å²) in [7, 11) is 0. The van der Waals surface area contributed by atoms with Crippen molar-refractivity contribution in [2.24, 2.45) is 11.1 Å². The summed E-state index contributed by atoms with van der Waals surface area (Å²) in [5.74, 6) is -0.886. The Labute approximate surface area is 216 Å². The van der Waals surface area contributed by atoms with Gasteiger partial charge in [-0.15, -0.1) is 0 Å². The van der Waals surface area contributed by atoms with Gasteiger partial charge in [-0.25, -0.2) is 0 Å². The molecule has 0 aromatic heterocycles. The molecule has 0 saturated carbocycles. The van der Waals surface area contributed by atoms with Gasteiger partial charge in [0.15, 0.2) is 0 Å². The van der Waals surface area contributed by atoms with Gasteiger partial charge in [-0.05, 0) is 60.2 Å². The highest BCUT2D eigenvalue weighted by molar-refractivity contribution is 5.93. The molecule has 3 aromatic rings. The molecule has 0 radical (unpaired) electrons. The first-order valence-corrected chi connectivity index (χ1v) is 12.4. The van der Waals surface area contributed by atoms with Gasteiger partial charge in [0.25, 0.3) is 0 Å². The Balaban J connectivity index is 1.41. The lowest BCUT2D eigenvalue weighted by Gasteiger charge is -2.25. The van der Waals surface area contributed by atoms with Crippen LogP contribution in [0.1, 0.15) is 42.1 Å². The van der Waals surface area contributed by atoms with Crippen molar-refractivity contribution in [2.45, 2.75) is 38.6 Å². The number of likely N-dealkylation sites (tertiary alicyclic amines) is 1. The van der Waals surface area contributed by atoms with Crippen molar-refractivity contribution in [3.63, 3.8) is 0 Å². The van der Waals surface area contributed by atoms with Gasteiger partial charge in [0, 0.05) is 12.1 Å². The Morgan fingerprint density at radius 3 is 2.22 bits per heavy atom. The average molecular weight is 501 g/mol. The topological polar surface area (TPSA) is 110 Å². The third kappa shape index (κ3) is 6.36. The van der Waals surface area contributed by atoms with Crippen LogP contribution in [0.3, 0.4) is 0 Å². The summed E-state index contributed by atoms with van der Waals surface area (Å²) in [6.07, 6.45) is 1.88. The first kappa shape index (κ1) is 25.9. The second-order valence-corrected chi connectivity index (χ2v) is 9.85. The summed E-state index contributed by atoms with van der Waals surface area (Å²) in [6, 6.07) is 24.6. The van der Waals surface area contributed by atoms with Gasteiger partial charge in [0.2, 0.25) is 11.8 Å². The zero-order valence-electron chi connectivity index (χ0n) is 20.9. The first-order chi connectivity index (χ1) is 17.7. The summed E-state index contributed by atoms with van der Waals surface area (Å²) < 4.78 is 6.07. The minimum atomic E-state index is -0.971. The Morgan fingerprint density at radius 2 is 1.62 bits per heavy atom. The van der Waals surface area contributed by atoms with E-state index in [0.29, 0.717) is 30.9 Å². The lowest BCUT2D eigenvalue weighted by molar-refractivity contribution is -0.146.